The minimum atomic E-state index is -0.736. The highest BCUT2D eigenvalue weighted by atomic mass is 79.9. The number of hydrogen-bond donors (Lipinski definition) is 2. The van der Waals surface area contributed by atoms with Crippen LogP contribution >= 0.6 is 15.9 Å². The zero-order chi connectivity index (χ0) is 16.1. The molecule has 1 fully saturated rings. The maximum absolute atomic E-state index is 12.1. The summed E-state index contributed by atoms with van der Waals surface area (Å²) in [4.78, 5) is 24.9. The lowest BCUT2D eigenvalue weighted by atomic mass is 9.94. The van der Waals surface area contributed by atoms with E-state index in [0.29, 0.717) is 6.54 Å². The molecule has 0 unspecified atom stereocenters. The minimum absolute atomic E-state index is 0.0405. The normalized spacial score (nSPS) is 16.5. The van der Waals surface area contributed by atoms with Gasteiger partial charge >= 0.3 is 5.97 Å². The Bertz CT molecular complexity index is 554. The summed E-state index contributed by atoms with van der Waals surface area (Å²) in [6.07, 6.45) is 1.91. The Morgan fingerprint density at radius 3 is 2.64 bits per heavy atom. The van der Waals surface area contributed by atoms with Gasteiger partial charge in [-0.2, -0.15) is 0 Å². The molecular formula is C16H21BrN2O3. The van der Waals surface area contributed by atoms with E-state index in [1.54, 1.807) is 0 Å². The number of nitrogens with one attached hydrogen (secondary N) is 1. The average molecular weight is 369 g/mol. The number of halogens is 1. The molecule has 1 aromatic carbocycles. The monoisotopic (exact) mass is 368 g/mol. The first-order valence-electron chi connectivity index (χ1n) is 7.44. The maximum atomic E-state index is 12.1. The molecule has 2 rings (SSSR count). The average Bonchev–Trinajstić information content (AvgIpc) is 2.43. The first-order chi connectivity index (χ1) is 10.4. The fourth-order valence-corrected chi connectivity index (χ4v) is 3.30. The number of carbonyl (C=O) groups excluding carboxylic acids is 1. The highest BCUT2D eigenvalue weighted by Gasteiger charge is 2.22. The largest absolute Gasteiger partial charge is 0.481 e. The van der Waals surface area contributed by atoms with Crippen LogP contribution in [0.2, 0.25) is 0 Å². The zero-order valence-electron chi connectivity index (χ0n) is 12.6. The molecule has 0 bridgehead atoms. The van der Waals surface area contributed by atoms with Crippen LogP contribution < -0.4 is 5.32 Å². The van der Waals surface area contributed by atoms with E-state index < -0.39 is 5.97 Å². The van der Waals surface area contributed by atoms with E-state index in [4.69, 9.17) is 5.11 Å². The molecule has 0 spiro atoms. The molecular weight excluding hydrogens is 348 g/mol. The van der Waals surface area contributed by atoms with Gasteiger partial charge in [0.05, 0.1) is 12.2 Å². The first-order valence-corrected chi connectivity index (χ1v) is 8.23. The lowest BCUT2D eigenvalue weighted by Gasteiger charge is -2.30. The summed E-state index contributed by atoms with van der Waals surface area (Å²) in [5, 5.41) is 11.7. The Kier molecular flexibility index (Phi) is 5.97. The van der Waals surface area contributed by atoms with Crippen LogP contribution in [0.15, 0.2) is 22.7 Å². The number of anilines is 1. The van der Waals surface area contributed by atoms with Gasteiger partial charge in [0.2, 0.25) is 5.91 Å². The lowest BCUT2D eigenvalue weighted by Crippen LogP contribution is -2.39. The molecule has 1 saturated heterocycles. The number of rotatable bonds is 5. The molecule has 120 valence electrons. The molecule has 1 heterocycles. The van der Waals surface area contributed by atoms with Gasteiger partial charge in [0.15, 0.2) is 0 Å². The molecule has 1 aliphatic rings. The van der Waals surface area contributed by atoms with Gasteiger partial charge in [0.1, 0.15) is 0 Å². The Morgan fingerprint density at radius 1 is 1.36 bits per heavy atom. The number of piperidine rings is 1. The molecule has 0 saturated carbocycles. The van der Waals surface area contributed by atoms with E-state index in [9.17, 15) is 9.59 Å². The van der Waals surface area contributed by atoms with E-state index >= 15 is 0 Å². The van der Waals surface area contributed by atoms with E-state index in [0.717, 1.165) is 41.7 Å². The summed E-state index contributed by atoms with van der Waals surface area (Å²) in [7, 11) is 0. The van der Waals surface area contributed by atoms with E-state index in [1.165, 1.54) is 0 Å². The third kappa shape index (κ3) is 5.10. The van der Waals surface area contributed by atoms with Crippen molar-refractivity contribution in [3.8, 4) is 0 Å². The van der Waals surface area contributed by atoms with Crippen molar-refractivity contribution in [2.45, 2.75) is 26.2 Å². The van der Waals surface area contributed by atoms with Gasteiger partial charge in [-0.1, -0.05) is 6.07 Å². The molecule has 0 atom stereocenters. The van der Waals surface area contributed by atoms with Gasteiger partial charge in [-0.15, -0.1) is 0 Å². The summed E-state index contributed by atoms with van der Waals surface area (Å²) in [5.41, 5.74) is 1.90. The van der Waals surface area contributed by atoms with Crippen LogP contribution in [0.25, 0.3) is 0 Å². The topological polar surface area (TPSA) is 69.6 Å². The number of aryl methyl sites for hydroxylation is 1. The lowest BCUT2D eigenvalue weighted by molar-refractivity contribution is -0.138. The number of carboxylic acids is 1. The van der Waals surface area contributed by atoms with E-state index in [1.807, 2.05) is 25.1 Å². The Balaban J connectivity index is 1.79. The maximum Gasteiger partial charge on any atom is 0.303 e. The Hall–Kier alpha value is -1.40. The second-order valence-corrected chi connectivity index (χ2v) is 6.70. The number of hydrogen-bond acceptors (Lipinski definition) is 3. The van der Waals surface area contributed by atoms with Crippen molar-refractivity contribution in [3.05, 3.63) is 28.2 Å². The van der Waals surface area contributed by atoms with Gasteiger partial charge in [-0.3, -0.25) is 14.5 Å². The van der Waals surface area contributed by atoms with Crippen molar-refractivity contribution in [3.63, 3.8) is 0 Å². The van der Waals surface area contributed by atoms with Crippen LogP contribution in [0.4, 0.5) is 5.69 Å². The number of carbonyl (C=O) groups is 2. The van der Waals surface area contributed by atoms with Gasteiger partial charge in [-0.05, 0) is 72.4 Å². The molecule has 5 nitrogen and oxygen atoms in total. The van der Waals surface area contributed by atoms with Crippen LogP contribution in [-0.4, -0.2) is 41.5 Å². The van der Waals surface area contributed by atoms with Crippen molar-refractivity contribution < 1.29 is 14.7 Å². The fourth-order valence-electron chi connectivity index (χ4n) is 2.71. The van der Waals surface area contributed by atoms with Crippen LogP contribution in [0.5, 0.6) is 0 Å². The van der Waals surface area contributed by atoms with Crippen LogP contribution in [0, 0.1) is 12.8 Å². The fraction of sp³-hybridized carbons (Fsp3) is 0.500. The van der Waals surface area contributed by atoms with Crippen molar-refractivity contribution in [2.75, 3.05) is 25.0 Å². The second-order valence-electron chi connectivity index (χ2n) is 5.85. The van der Waals surface area contributed by atoms with Crippen molar-refractivity contribution in [1.29, 1.82) is 0 Å². The molecule has 1 aromatic rings. The zero-order valence-corrected chi connectivity index (χ0v) is 14.2. The molecule has 1 amide bonds. The van der Waals surface area contributed by atoms with Crippen molar-refractivity contribution in [2.24, 2.45) is 5.92 Å². The van der Waals surface area contributed by atoms with Crippen LogP contribution in [-0.2, 0) is 9.59 Å². The SMILES string of the molecule is Cc1ccc(NC(=O)CN2CCC(CC(=O)O)CC2)c(Br)c1. The third-order valence-electron chi connectivity index (χ3n) is 3.94. The highest BCUT2D eigenvalue weighted by molar-refractivity contribution is 9.10. The number of benzene rings is 1. The number of aliphatic carboxylic acids is 1. The molecule has 22 heavy (non-hydrogen) atoms. The quantitative estimate of drug-likeness (QED) is 0.838. The molecule has 2 N–H and O–H groups in total. The Morgan fingerprint density at radius 2 is 2.05 bits per heavy atom. The third-order valence-corrected chi connectivity index (χ3v) is 4.59. The summed E-state index contributed by atoms with van der Waals surface area (Å²) in [6, 6.07) is 5.81. The predicted molar refractivity (Wildman–Crippen MR) is 88.9 cm³/mol. The van der Waals surface area contributed by atoms with Crippen LogP contribution in [0.3, 0.4) is 0 Å². The molecule has 0 radical (unpaired) electrons. The van der Waals surface area contributed by atoms with Crippen LogP contribution in [0.1, 0.15) is 24.8 Å². The van der Waals surface area contributed by atoms with Gasteiger partial charge in [0, 0.05) is 10.9 Å². The summed E-state index contributed by atoms with van der Waals surface area (Å²) in [6.45, 7) is 3.90. The minimum Gasteiger partial charge on any atom is -0.481 e. The van der Waals surface area contributed by atoms with Gasteiger partial charge < -0.3 is 10.4 Å². The molecule has 1 aliphatic heterocycles. The van der Waals surface area contributed by atoms with E-state index in [2.05, 4.69) is 26.1 Å². The van der Waals surface area contributed by atoms with Crippen molar-refractivity contribution in [1.82, 2.24) is 4.90 Å². The predicted octanol–water partition coefficient (Wildman–Crippen LogP) is 2.88. The number of nitrogens with zero attached hydrogens (tertiary/aromatic N) is 1. The molecule has 6 heteroatoms. The first kappa shape index (κ1) is 17.0. The smallest absolute Gasteiger partial charge is 0.303 e. The molecule has 0 aromatic heterocycles. The highest BCUT2D eigenvalue weighted by Crippen LogP contribution is 2.24. The number of amides is 1. The second kappa shape index (κ2) is 7.74. The summed E-state index contributed by atoms with van der Waals surface area (Å²) < 4.78 is 0.876. The summed E-state index contributed by atoms with van der Waals surface area (Å²) >= 11 is 3.45. The van der Waals surface area contributed by atoms with E-state index in [-0.39, 0.29) is 18.2 Å². The van der Waals surface area contributed by atoms with Gasteiger partial charge in [-0.25, -0.2) is 0 Å². The van der Waals surface area contributed by atoms with Gasteiger partial charge in [0.25, 0.3) is 0 Å². The standard InChI is InChI=1S/C16H21BrN2O3/c1-11-2-3-14(13(17)8-11)18-15(20)10-19-6-4-12(5-7-19)9-16(21)22/h2-3,8,12H,4-7,9-10H2,1H3,(H,18,20)(H,21,22). The number of carboxylic acid groups (broad SMARTS) is 1. The molecule has 0 aliphatic carbocycles. The number of likely N-dealkylation sites (tertiary alicyclic amines) is 1. The summed E-state index contributed by atoms with van der Waals surface area (Å²) in [5.74, 6) is -0.537. The van der Waals surface area contributed by atoms with Crippen molar-refractivity contribution >= 4 is 33.5 Å². The Labute approximate surface area is 138 Å².